The fraction of sp³-hybridized carbons (Fsp3) is 0.158. The first-order chi connectivity index (χ1) is 13.7. The van der Waals surface area contributed by atoms with E-state index in [-0.39, 0.29) is 0 Å². The molecule has 0 aliphatic carbocycles. The van der Waals surface area contributed by atoms with Crippen LogP contribution in [0.25, 0.3) is 0 Å². The van der Waals surface area contributed by atoms with E-state index in [2.05, 4.69) is 41.0 Å². The fourth-order valence-electron chi connectivity index (χ4n) is 2.23. The van der Waals surface area contributed by atoms with Crippen LogP contribution in [0, 0.1) is 0 Å². The van der Waals surface area contributed by atoms with E-state index in [1.165, 1.54) is 11.8 Å². The van der Waals surface area contributed by atoms with E-state index in [4.69, 9.17) is 0 Å². The molecule has 0 saturated heterocycles. The van der Waals surface area contributed by atoms with Crippen LogP contribution in [0.4, 0.5) is 11.6 Å². The van der Waals surface area contributed by atoms with E-state index in [9.17, 15) is 0 Å². The van der Waals surface area contributed by atoms with Gasteiger partial charge in [0.05, 0.1) is 11.4 Å². The molecule has 3 heterocycles. The molecule has 0 aliphatic heterocycles. The first-order valence-electron chi connectivity index (χ1n) is 8.50. The molecule has 0 saturated carbocycles. The molecule has 0 aliphatic rings. The topological polar surface area (TPSA) is 100 Å². The van der Waals surface area contributed by atoms with Crippen molar-refractivity contribution in [3.05, 3.63) is 66.2 Å². The van der Waals surface area contributed by atoms with E-state index < -0.39 is 0 Å². The predicted molar refractivity (Wildman–Crippen MR) is 114 cm³/mol. The molecular formula is C19H20N8S. The zero-order valence-electron chi connectivity index (χ0n) is 15.8. The van der Waals surface area contributed by atoms with Crippen molar-refractivity contribution >= 4 is 34.8 Å². The third-order valence-corrected chi connectivity index (χ3v) is 4.31. The number of pyridine rings is 2. The van der Waals surface area contributed by atoms with E-state index in [1.54, 1.807) is 30.9 Å². The van der Waals surface area contributed by atoms with Crippen molar-refractivity contribution < 1.29 is 0 Å². The van der Waals surface area contributed by atoms with E-state index in [0.29, 0.717) is 16.8 Å². The maximum absolute atomic E-state index is 4.43. The summed E-state index contributed by atoms with van der Waals surface area (Å²) in [6.45, 7) is 3.83. The number of hydrogen-bond acceptors (Lipinski definition) is 9. The Labute approximate surface area is 167 Å². The Morgan fingerprint density at radius 2 is 1.21 bits per heavy atom. The molecule has 0 radical (unpaired) electrons. The number of thioether (sulfide) groups is 1. The summed E-state index contributed by atoms with van der Waals surface area (Å²) < 4.78 is 0. The van der Waals surface area contributed by atoms with E-state index in [1.807, 2.05) is 44.4 Å². The van der Waals surface area contributed by atoms with Gasteiger partial charge in [-0.05, 0) is 44.4 Å². The smallest absolute Gasteiger partial charge is 0.191 e. The van der Waals surface area contributed by atoms with Gasteiger partial charge in [0.2, 0.25) is 0 Å². The maximum atomic E-state index is 4.43. The van der Waals surface area contributed by atoms with Crippen molar-refractivity contribution in [2.24, 2.45) is 10.2 Å². The fourth-order valence-corrected chi connectivity index (χ4v) is 2.61. The highest BCUT2D eigenvalue weighted by molar-refractivity contribution is 7.98. The van der Waals surface area contributed by atoms with Gasteiger partial charge in [0.25, 0.3) is 0 Å². The molecule has 3 rings (SSSR count). The van der Waals surface area contributed by atoms with Crippen LogP contribution in [0.3, 0.4) is 0 Å². The van der Waals surface area contributed by atoms with Gasteiger partial charge in [-0.3, -0.25) is 20.8 Å². The number of rotatable bonds is 7. The van der Waals surface area contributed by atoms with Crippen molar-refractivity contribution in [2.75, 3.05) is 17.1 Å². The standard InChI is InChI=1S/C19H20N8S/c1-13(15-4-8-20-9-5-15)24-26-17-12-18(23-19(22-17)28-3)27-25-14(2)16-6-10-21-11-7-16/h4-12H,1-3H3,(H2,22,23,26,27). The van der Waals surface area contributed by atoms with Crippen molar-refractivity contribution in [3.63, 3.8) is 0 Å². The first kappa shape index (κ1) is 19.4. The third-order valence-electron chi connectivity index (χ3n) is 3.76. The second-order valence-electron chi connectivity index (χ2n) is 5.71. The Hall–Kier alpha value is -3.33. The number of hydrazone groups is 2. The molecule has 3 aromatic heterocycles. The number of nitrogens with zero attached hydrogens (tertiary/aromatic N) is 6. The lowest BCUT2D eigenvalue weighted by Gasteiger charge is -2.08. The van der Waals surface area contributed by atoms with Crippen LogP contribution in [0.2, 0.25) is 0 Å². The van der Waals surface area contributed by atoms with Gasteiger partial charge in [0.15, 0.2) is 16.8 Å². The molecule has 0 aromatic carbocycles. The van der Waals surface area contributed by atoms with Gasteiger partial charge in [-0.2, -0.15) is 10.2 Å². The van der Waals surface area contributed by atoms with Crippen LogP contribution < -0.4 is 10.9 Å². The van der Waals surface area contributed by atoms with Crippen molar-refractivity contribution in [2.45, 2.75) is 19.0 Å². The minimum atomic E-state index is 0.576. The van der Waals surface area contributed by atoms with Gasteiger partial charge in [-0.1, -0.05) is 11.8 Å². The monoisotopic (exact) mass is 392 g/mol. The number of anilines is 2. The number of aromatic nitrogens is 4. The lowest BCUT2D eigenvalue weighted by Crippen LogP contribution is -2.05. The Morgan fingerprint density at radius 3 is 1.61 bits per heavy atom. The summed E-state index contributed by atoms with van der Waals surface area (Å²) in [6.07, 6.45) is 8.85. The molecule has 0 unspecified atom stereocenters. The van der Waals surface area contributed by atoms with Gasteiger partial charge >= 0.3 is 0 Å². The van der Waals surface area contributed by atoms with Crippen LogP contribution in [0.1, 0.15) is 25.0 Å². The molecular weight excluding hydrogens is 372 g/mol. The molecule has 9 heteroatoms. The van der Waals surface area contributed by atoms with Crippen molar-refractivity contribution in [1.82, 2.24) is 19.9 Å². The quantitative estimate of drug-likeness (QED) is 0.274. The molecule has 0 atom stereocenters. The molecule has 28 heavy (non-hydrogen) atoms. The maximum Gasteiger partial charge on any atom is 0.191 e. The van der Waals surface area contributed by atoms with Crippen LogP contribution >= 0.6 is 11.8 Å². The lowest BCUT2D eigenvalue weighted by molar-refractivity contribution is 0.962. The van der Waals surface area contributed by atoms with Crippen LogP contribution in [0.15, 0.2) is 70.5 Å². The SMILES string of the molecule is CSc1nc(NN=C(C)c2ccncc2)cc(NN=C(C)c2ccncc2)n1. The van der Waals surface area contributed by atoms with Crippen LogP contribution in [-0.4, -0.2) is 37.6 Å². The second-order valence-corrected chi connectivity index (χ2v) is 6.49. The van der Waals surface area contributed by atoms with Gasteiger partial charge in [0, 0.05) is 42.0 Å². The molecule has 0 bridgehead atoms. The summed E-state index contributed by atoms with van der Waals surface area (Å²) in [5.41, 5.74) is 9.59. The predicted octanol–water partition coefficient (Wildman–Crippen LogP) is 3.66. The Balaban J connectivity index is 1.76. The Bertz CT molecular complexity index is 898. The van der Waals surface area contributed by atoms with Crippen LogP contribution in [0.5, 0.6) is 0 Å². The lowest BCUT2D eigenvalue weighted by atomic mass is 10.2. The van der Waals surface area contributed by atoms with E-state index in [0.717, 1.165) is 22.6 Å². The minimum Gasteiger partial charge on any atom is -0.265 e. The zero-order valence-corrected chi connectivity index (χ0v) is 16.6. The largest absolute Gasteiger partial charge is 0.265 e. The van der Waals surface area contributed by atoms with Crippen LogP contribution in [-0.2, 0) is 0 Å². The number of hydrogen-bond donors (Lipinski definition) is 2. The highest BCUT2D eigenvalue weighted by atomic mass is 32.2. The van der Waals surface area contributed by atoms with Crippen molar-refractivity contribution in [1.29, 1.82) is 0 Å². The summed E-state index contributed by atoms with van der Waals surface area (Å²) >= 11 is 1.44. The summed E-state index contributed by atoms with van der Waals surface area (Å²) in [6, 6.07) is 9.36. The molecule has 8 nitrogen and oxygen atoms in total. The summed E-state index contributed by atoms with van der Waals surface area (Å²) in [7, 11) is 0. The average Bonchev–Trinajstić information content (AvgIpc) is 2.76. The third kappa shape index (κ3) is 5.34. The normalized spacial score (nSPS) is 12.0. The van der Waals surface area contributed by atoms with Gasteiger partial charge in [0.1, 0.15) is 0 Å². The Kier molecular flexibility index (Phi) is 6.64. The molecule has 0 fully saturated rings. The molecule has 0 spiro atoms. The minimum absolute atomic E-state index is 0.576. The zero-order chi connectivity index (χ0) is 19.8. The highest BCUT2D eigenvalue weighted by Crippen LogP contribution is 2.18. The second kappa shape index (κ2) is 9.56. The Morgan fingerprint density at radius 1 is 0.786 bits per heavy atom. The first-order valence-corrected chi connectivity index (χ1v) is 9.72. The van der Waals surface area contributed by atoms with E-state index >= 15 is 0 Å². The summed E-state index contributed by atoms with van der Waals surface area (Å²) in [5.74, 6) is 1.15. The summed E-state index contributed by atoms with van der Waals surface area (Å²) in [4.78, 5) is 16.9. The number of nitrogens with one attached hydrogen (secondary N) is 2. The average molecular weight is 392 g/mol. The highest BCUT2D eigenvalue weighted by Gasteiger charge is 2.05. The molecule has 142 valence electrons. The molecule has 0 amide bonds. The van der Waals surface area contributed by atoms with Crippen molar-refractivity contribution in [3.8, 4) is 0 Å². The molecule has 2 N–H and O–H groups in total. The molecule has 3 aromatic rings. The van der Waals surface area contributed by atoms with Gasteiger partial charge < -0.3 is 0 Å². The van der Waals surface area contributed by atoms with Gasteiger partial charge in [-0.15, -0.1) is 0 Å². The van der Waals surface area contributed by atoms with Gasteiger partial charge in [-0.25, -0.2) is 9.97 Å². The summed E-state index contributed by atoms with van der Waals surface area (Å²) in [5, 5.41) is 9.40.